The zero-order valence-corrected chi connectivity index (χ0v) is 24.5. The minimum Gasteiger partial charge on any atom is -0.462 e. The summed E-state index contributed by atoms with van der Waals surface area (Å²) in [5, 5.41) is 15.7. The van der Waals surface area contributed by atoms with Crippen LogP contribution in [0, 0.1) is 0 Å². The number of esters is 2. The van der Waals surface area contributed by atoms with Crippen molar-refractivity contribution in [1.82, 2.24) is 19.7 Å². The lowest BCUT2D eigenvalue weighted by Crippen LogP contribution is -2.52. The van der Waals surface area contributed by atoms with Crippen molar-refractivity contribution in [1.29, 1.82) is 0 Å². The van der Waals surface area contributed by atoms with E-state index in [1.807, 2.05) is 0 Å². The van der Waals surface area contributed by atoms with E-state index in [1.165, 1.54) is 13.8 Å². The van der Waals surface area contributed by atoms with Gasteiger partial charge in [-0.1, -0.05) is 0 Å². The van der Waals surface area contributed by atoms with Gasteiger partial charge < -0.3 is 29.6 Å². The van der Waals surface area contributed by atoms with Crippen LogP contribution in [0.1, 0.15) is 47.8 Å². The second-order valence-electron chi connectivity index (χ2n) is 9.70. The third-order valence-corrected chi connectivity index (χ3v) is 8.40. The number of carbonyl (C=O) groups excluding carboxylic acids is 2. The number of anilines is 1. The Bertz CT molecular complexity index is 1130. The molecule has 1 aromatic rings. The Hall–Kier alpha value is -2.14. The highest BCUT2D eigenvalue weighted by Gasteiger charge is 2.62. The summed E-state index contributed by atoms with van der Waals surface area (Å²) in [5.74, 6) is -1.72. The van der Waals surface area contributed by atoms with Crippen molar-refractivity contribution in [3.8, 4) is 0 Å². The van der Waals surface area contributed by atoms with E-state index < -0.39 is 85.6 Å². The van der Waals surface area contributed by atoms with E-state index >= 15 is 4.39 Å². The lowest BCUT2D eigenvalue weighted by atomic mass is 9.98. The van der Waals surface area contributed by atoms with Gasteiger partial charge in [0, 0.05) is 6.20 Å². The lowest BCUT2D eigenvalue weighted by Gasteiger charge is -2.35. The summed E-state index contributed by atoms with van der Waals surface area (Å²) in [6.07, 6.45) is -10.5. The SMILES string of the molecule is CC(C)OC(=O)[C@H](C)NP(=S)(N[C@@H](C)C(=O)OC(C)C)OC[C@@]1(C(F)F)O[C@@H](n2ccc(N)nc2=O)[C@H](O)[C@H]1F. The Morgan fingerprint density at radius 2 is 1.68 bits per heavy atom. The molecule has 0 aliphatic carbocycles. The summed E-state index contributed by atoms with van der Waals surface area (Å²) in [6, 6.07) is -1.17. The van der Waals surface area contributed by atoms with E-state index in [0.29, 0.717) is 4.57 Å². The number of carbonyl (C=O) groups is 2. The first kappa shape index (κ1) is 34.1. The highest BCUT2D eigenvalue weighted by Crippen LogP contribution is 2.47. The fraction of sp³-hybridized carbons (Fsp3) is 0.727. The third kappa shape index (κ3) is 8.21. The first-order valence-corrected chi connectivity index (χ1v) is 15.0. The van der Waals surface area contributed by atoms with E-state index in [9.17, 15) is 28.3 Å². The number of rotatable bonds is 13. The molecule has 228 valence electrons. The van der Waals surface area contributed by atoms with Crippen LogP contribution in [0.25, 0.3) is 0 Å². The van der Waals surface area contributed by atoms with Crippen LogP contribution in [-0.2, 0) is 40.1 Å². The van der Waals surface area contributed by atoms with E-state index in [2.05, 4.69) is 15.2 Å². The molecule has 1 saturated heterocycles. The van der Waals surface area contributed by atoms with Crippen molar-refractivity contribution >= 4 is 36.1 Å². The maximum atomic E-state index is 15.4. The van der Waals surface area contributed by atoms with E-state index in [0.717, 1.165) is 12.3 Å². The molecule has 0 bridgehead atoms. The molecule has 18 heteroatoms. The maximum Gasteiger partial charge on any atom is 0.351 e. The maximum absolute atomic E-state index is 15.4. The van der Waals surface area contributed by atoms with Crippen LogP contribution in [0.4, 0.5) is 19.0 Å². The van der Waals surface area contributed by atoms with Crippen molar-refractivity contribution in [3.05, 3.63) is 22.7 Å². The summed E-state index contributed by atoms with van der Waals surface area (Å²) in [7, 11) is 0. The van der Waals surface area contributed by atoms with Gasteiger partial charge in [-0.25, -0.2) is 28.1 Å². The second kappa shape index (κ2) is 13.7. The summed E-state index contributed by atoms with van der Waals surface area (Å²) in [6.45, 7) is 4.05. The molecule has 0 unspecified atom stereocenters. The average molecular weight is 618 g/mol. The van der Waals surface area contributed by atoms with Crippen molar-refractivity contribution in [2.24, 2.45) is 0 Å². The largest absolute Gasteiger partial charge is 0.462 e. The van der Waals surface area contributed by atoms with Gasteiger partial charge in [0.25, 0.3) is 6.43 Å². The van der Waals surface area contributed by atoms with Gasteiger partial charge in [0.15, 0.2) is 24.6 Å². The summed E-state index contributed by atoms with van der Waals surface area (Å²) < 4.78 is 65.9. The van der Waals surface area contributed by atoms with Gasteiger partial charge in [-0.05, 0) is 59.4 Å². The molecule has 40 heavy (non-hydrogen) atoms. The zero-order chi connectivity index (χ0) is 30.6. The molecule has 6 atom stereocenters. The summed E-state index contributed by atoms with van der Waals surface area (Å²) >= 11 is 5.50. The molecular weight excluding hydrogens is 582 g/mol. The topological polar surface area (TPSA) is 176 Å². The van der Waals surface area contributed by atoms with Crippen LogP contribution in [0.3, 0.4) is 0 Å². The quantitative estimate of drug-likeness (QED) is 0.183. The molecule has 0 aromatic carbocycles. The van der Waals surface area contributed by atoms with E-state index in [-0.39, 0.29) is 5.82 Å². The molecule has 0 spiro atoms. The van der Waals surface area contributed by atoms with Gasteiger partial charge in [-0.2, -0.15) is 4.98 Å². The molecule has 1 aliphatic heterocycles. The Morgan fingerprint density at radius 3 is 2.10 bits per heavy atom. The number of aliphatic hydroxyl groups excluding tert-OH is 1. The molecule has 13 nitrogen and oxygen atoms in total. The van der Waals surface area contributed by atoms with Crippen molar-refractivity contribution < 1.29 is 46.6 Å². The molecule has 5 N–H and O–H groups in total. The van der Waals surface area contributed by atoms with Crippen molar-refractivity contribution in [3.63, 3.8) is 0 Å². The molecule has 0 radical (unpaired) electrons. The Kier molecular flexibility index (Phi) is 11.7. The minimum atomic E-state index is -3.84. The Morgan fingerprint density at radius 1 is 1.18 bits per heavy atom. The van der Waals surface area contributed by atoms with Crippen molar-refractivity contribution in [2.45, 2.75) is 96.4 Å². The number of ether oxygens (including phenoxy) is 3. The first-order valence-electron chi connectivity index (χ1n) is 12.3. The van der Waals surface area contributed by atoms with Gasteiger partial charge in [0.1, 0.15) is 24.0 Å². The highest BCUT2D eigenvalue weighted by molar-refractivity contribution is 8.10. The summed E-state index contributed by atoms with van der Waals surface area (Å²) in [5.41, 5.74) is 1.24. The van der Waals surface area contributed by atoms with E-state index in [1.54, 1.807) is 27.7 Å². The Balaban J connectivity index is 2.38. The van der Waals surface area contributed by atoms with Crippen LogP contribution in [0.5, 0.6) is 0 Å². The van der Waals surface area contributed by atoms with Crippen LogP contribution in [-0.4, -0.2) is 81.8 Å². The number of aliphatic hydroxyl groups is 1. The molecular formula is C22H35F3N5O8PS. The molecule has 1 aromatic heterocycles. The molecule has 2 heterocycles. The van der Waals surface area contributed by atoms with Crippen LogP contribution in [0.2, 0.25) is 0 Å². The Labute approximate surface area is 234 Å². The van der Waals surface area contributed by atoms with Crippen LogP contribution in [0.15, 0.2) is 17.1 Å². The normalized spacial score (nSPS) is 24.9. The van der Waals surface area contributed by atoms with Gasteiger partial charge in [-0.3, -0.25) is 14.2 Å². The number of hydrogen-bond acceptors (Lipinski definition) is 11. The van der Waals surface area contributed by atoms with Gasteiger partial charge in [0.05, 0.1) is 18.8 Å². The van der Waals surface area contributed by atoms with Gasteiger partial charge >= 0.3 is 17.6 Å². The third-order valence-electron chi connectivity index (χ3n) is 5.50. The number of alkyl halides is 3. The van der Waals surface area contributed by atoms with Gasteiger partial charge in [0.2, 0.25) is 0 Å². The predicted molar refractivity (Wildman–Crippen MR) is 141 cm³/mol. The van der Waals surface area contributed by atoms with Gasteiger partial charge in [-0.15, -0.1) is 0 Å². The van der Waals surface area contributed by atoms with Crippen molar-refractivity contribution in [2.75, 3.05) is 12.3 Å². The number of halogens is 3. The number of aromatic nitrogens is 2. The predicted octanol–water partition coefficient (Wildman–Crippen LogP) is 1.16. The fourth-order valence-corrected chi connectivity index (χ4v) is 6.51. The standard InChI is InChI=1S/C22H35F3N5O8PS/c1-10(2)36-18(32)12(5)28-39(40,29-13(6)19(33)37-11(3)4)35-9-22(20(24)25)16(23)15(31)17(38-22)30-8-7-14(26)27-21(30)34/h7-8,10-13,15-17,20,31H,9H2,1-6H3,(H2,26,27,34)(H2,28,29,40)/t12-,13-,15+,16+,17+,22+/m0/s1. The summed E-state index contributed by atoms with van der Waals surface area (Å²) in [4.78, 5) is 40.5. The molecule has 1 fully saturated rings. The number of nitrogen functional groups attached to an aromatic ring is 1. The van der Waals surface area contributed by atoms with E-state index in [4.69, 9.17) is 36.3 Å². The number of hydrogen-bond donors (Lipinski definition) is 4. The molecule has 0 saturated carbocycles. The smallest absolute Gasteiger partial charge is 0.351 e. The molecule has 1 aliphatic rings. The second-order valence-corrected chi connectivity index (χ2v) is 13.1. The lowest BCUT2D eigenvalue weighted by molar-refractivity contribution is -0.182. The van der Waals surface area contributed by atoms with Crippen LogP contribution >= 0.6 is 6.57 Å². The zero-order valence-electron chi connectivity index (χ0n) is 22.7. The first-order chi connectivity index (χ1) is 18.4. The highest BCUT2D eigenvalue weighted by atomic mass is 32.4. The fourth-order valence-electron chi connectivity index (χ4n) is 3.57. The number of nitrogens with zero attached hydrogens (tertiary/aromatic N) is 2. The monoisotopic (exact) mass is 617 g/mol. The average Bonchev–Trinajstić information content (AvgIpc) is 3.08. The molecule has 0 amide bonds. The number of nitrogens with one attached hydrogen (secondary N) is 2. The van der Waals surface area contributed by atoms with Crippen LogP contribution < -0.4 is 21.6 Å². The minimum absolute atomic E-state index is 0.193. The number of nitrogens with two attached hydrogens (primary N) is 1. The molecule has 2 rings (SSSR count).